The van der Waals surface area contributed by atoms with E-state index < -0.39 is 0 Å². The van der Waals surface area contributed by atoms with Crippen molar-refractivity contribution in [3.05, 3.63) is 35.8 Å². The summed E-state index contributed by atoms with van der Waals surface area (Å²) >= 11 is 0. The number of nitrogens with one attached hydrogen (secondary N) is 3. The maximum absolute atomic E-state index is 12.0. The zero-order valence-corrected chi connectivity index (χ0v) is 16.0. The number of rotatable bonds is 7. The Balaban J connectivity index is 1.31. The zero-order valence-electron chi connectivity index (χ0n) is 16.0. The predicted octanol–water partition coefficient (Wildman–Crippen LogP) is 2.67. The van der Waals surface area contributed by atoms with Crippen LogP contribution in [0.5, 0.6) is 0 Å². The number of fused-ring (bicyclic) bond motifs is 1. The number of hydrogen-bond donors (Lipinski definition) is 3. The first-order chi connectivity index (χ1) is 13.1. The van der Waals surface area contributed by atoms with Crippen molar-refractivity contribution in [3.8, 4) is 0 Å². The van der Waals surface area contributed by atoms with Gasteiger partial charge in [0, 0.05) is 30.9 Å². The number of pyridine rings is 1. The van der Waals surface area contributed by atoms with Crippen LogP contribution in [0, 0.1) is 6.92 Å². The molecule has 0 aromatic carbocycles. The molecule has 7 nitrogen and oxygen atoms in total. The summed E-state index contributed by atoms with van der Waals surface area (Å²) < 4.78 is 2.01. The van der Waals surface area contributed by atoms with Crippen molar-refractivity contribution < 1.29 is 9.59 Å². The molecular weight excluding hydrogens is 342 g/mol. The molecule has 2 heterocycles. The molecule has 0 saturated heterocycles. The third-order valence-corrected chi connectivity index (χ3v) is 5.02. The van der Waals surface area contributed by atoms with E-state index in [1.165, 1.54) is 19.3 Å². The molecule has 1 aliphatic rings. The maximum Gasteiger partial charge on any atom is 0.315 e. The molecule has 7 heteroatoms. The molecule has 0 aliphatic heterocycles. The summed E-state index contributed by atoms with van der Waals surface area (Å²) in [7, 11) is 0. The summed E-state index contributed by atoms with van der Waals surface area (Å²) in [5.74, 6) is -0.0294. The lowest BCUT2D eigenvalue weighted by molar-refractivity contribution is -0.121. The van der Waals surface area contributed by atoms with Gasteiger partial charge in [0.15, 0.2) is 0 Å². The van der Waals surface area contributed by atoms with Gasteiger partial charge in [-0.1, -0.05) is 25.3 Å². The van der Waals surface area contributed by atoms with Crippen LogP contribution in [-0.4, -0.2) is 33.9 Å². The van der Waals surface area contributed by atoms with Crippen LogP contribution in [0.2, 0.25) is 0 Å². The Morgan fingerprint density at radius 1 is 1.19 bits per heavy atom. The lowest BCUT2D eigenvalue weighted by Crippen LogP contribution is -2.43. The van der Waals surface area contributed by atoms with Gasteiger partial charge >= 0.3 is 6.03 Å². The zero-order chi connectivity index (χ0) is 19.1. The predicted molar refractivity (Wildman–Crippen MR) is 104 cm³/mol. The summed E-state index contributed by atoms with van der Waals surface area (Å²) in [6.45, 7) is 2.93. The summed E-state index contributed by atoms with van der Waals surface area (Å²) in [5.41, 5.74) is 2.82. The van der Waals surface area contributed by atoms with E-state index in [0.717, 1.165) is 29.9 Å². The average molecular weight is 371 g/mol. The molecule has 27 heavy (non-hydrogen) atoms. The molecule has 0 atom stereocenters. The third kappa shape index (κ3) is 5.70. The topological polar surface area (TPSA) is 87.5 Å². The van der Waals surface area contributed by atoms with Crippen LogP contribution in [0.1, 0.15) is 56.3 Å². The summed E-state index contributed by atoms with van der Waals surface area (Å²) in [6, 6.07) is 6.12. The van der Waals surface area contributed by atoms with Crippen molar-refractivity contribution >= 4 is 17.6 Å². The highest BCUT2D eigenvalue weighted by molar-refractivity contribution is 5.76. The molecule has 0 radical (unpaired) electrons. The number of hydrogen-bond acceptors (Lipinski definition) is 3. The van der Waals surface area contributed by atoms with Gasteiger partial charge < -0.3 is 20.4 Å². The number of aromatic nitrogens is 2. The monoisotopic (exact) mass is 371 g/mol. The van der Waals surface area contributed by atoms with Crippen LogP contribution in [0.25, 0.3) is 5.65 Å². The first kappa shape index (κ1) is 19.2. The van der Waals surface area contributed by atoms with Crippen LogP contribution in [0.4, 0.5) is 4.79 Å². The Bertz CT molecular complexity index is 780. The first-order valence-corrected chi connectivity index (χ1v) is 9.86. The Kier molecular flexibility index (Phi) is 6.68. The number of carbonyl (C=O) groups is 2. The smallest absolute Gasteiger partial charge is 0.315 e. The lowest BCUT2D eigenvalue weighted by Gasteiger charge is -2.22. The molecule has 3 amide bonds. The number of nitrogens with zero attached hydrogens (tertiary/aromatic N) is 2. The van der Waals surface area contributed by atoms with Crippen molar-refractivity contribution in [2.45, 2.75) is 64.5 Å². The third-order valence-electron chi connectivity index (χ3n) is 5.02. The summed E-state index contributed by atoms with van der Waals surface area (Å²) in [6.07, 6.45) is 8.74. The number of carbonyl (C=O) groups excluding carboxylic acids is 2. The van der Waals surface area contributed by atoms with Gasteiger partial charge in [0.2, 0.25) is 5.91 Å². The van der Waals surface area contributed by atoms with Crippen molar-refractivity contribution in [3.63, 3.8) is 0 Å². The van der Waals surface area contributed by atoms with E-state index in [1.807, 2.05) is 35.7 Å². The molecule has 2 aromatic rings. The van der Waals surface area contributed by atoms with Crippen molar-refractivity contribution in [1.82, 2.24) is 25.3 Å². The Hall–Kier alpha value is -2.57. The van der Waals surface area contributed by atoms with E-state index in [-0.39, 0.29) is 11.9 Å². The van der Waals surface area contributed by atoms with E-state index in [0.29, 0.717) is 32.0 Å². The lowest BCUT2D eigenvalue weighted by atomic mass is 9.96. The molecule has 1 saturated carbocycles. The molecular formula is C20H29N5O2. The Labute approximate surface area is 159 Å². The van der Waals surface area contributed by atoms with Crippen LogP contribution < -0.4 is 16.0 Å². The fraction of sp³-hybridized carbons (Fsp3) is 0.550. The fourth-order valence-electron chi connectivity index (χ4n) is 3.50. The minimum atomic E-state index is -0.123. The van der Waals surface area contributed by atoms with E-state index in [1.54, 1.807) is 0 Å². The Morgan fingerprint density at radius 2 is 2.00 bits per heavy atom. The summed E-state index contributed by atoms with van der Waals surface area (Å²) in [4.78, 5) is 28.3. The largest absolute Gasteiger partial charge is 0.350 e. The van der Waals surface area contributed by atoms with Gasteiger partial charge in [-0.05, 0) is 38.3 Å². The van der Waals surface area contributed by atoms with Gasteiger partial charge in [-0.3, -0.25) is 4.79 Å². The highest BCUT2D eigenvalue weighted by atomic mass is 16.2. The molecule has 3 rings (SSSR count). The molecule has 146 valence electrons. The van der Waals surface area contributed by atoms with Gasteiger partial charge in [0.25, 0.3) is 0 Å². The number of urea groups is 1. The number of imidazole rings is 1. The standard InChI is InChI=1S/C20H29N5O2/c1-15-7-5-10-18-23-17(14-25(15)18)13-22-19(26)11-6-12-21-20(27)24-16-8-3-2-4-9-16/h5,7,10,14,16H,2-4,6,8-9,11-13H2,1H3,(H,22,26)(H2,21,24,27). The maximum atomic E-state index is 12.0. The molecule has 3 N–H and O–H groups in total. The Morgan fingerprint density at radius 3 is 2.78 bits per heavy atom. The second-order valence-electron chi connectivity index (χ2n) is 7.24. The second-order valence-corrected chi connectivity index (χ2v) is 7.24. The normalized spacial score (nSPS) is 14.9. The van der Waals surface area contributed by atoms with Crippen molar-refractivity contribution in [1.29, 1.82) is 0 Å². The molecule has 2 aromatic heterocycles. The molecule has 0 unspecified atom stereocenters. The van der Waals surface area contributed by atoms with Crippen molar-refractivity contribution in [2.75, 3.05) is 6.54 Å². The molecule has 1 fully saturated rings. The molecule has 0 bridgehead atoms. The minimum Gasteiger partial charge on any atom is -0.350 e. The van der Waals surface area contributed by atoms with Gasteiger partial charge in [0.05, 0.1) is 12.2 Å². The fourth-order valence-corrected chi connectivity index (χ4v) is 3.50. The van der Waals surface area contributed by atoms with Crippen LogP contribution in [0.15, 0.2) is 24.4 Å². The SMILES string of the molecule is Cc1cccc2nc(CNC(=O)CCCNC(=O)NC3CCCCC3)cn12. The van der Waals surface area contributed by atoms with Gasteiger partial charge in [-0.25, -0.2) is 9.78 Å². The molecule has 1 aliphatic carbocycles. The quantitative estimate of drug-likeness (QED) is 0.654. The van der Waals surface area contributed by atoms with E-state index in [2.05, 4.69) is 20.9 Å². The average Bonchev–Trinajstić information content (AvgIpc) is 3.09. The van der Waals surface area contributed by atoms with Gasteiger partial charge in [-0.15, -0.1) is 0 Å². The van der Waals surface area contributed by atoms with Crippen LogP contribution in [0.3, 0.4) is 0 Å². The highest BCUT2D eigenvalue weighted by Gasteiger charge is 2.15. The van der Waals surface area contributed by atoms with Crippen molar-refractivity contribution in [2.24, 2.45) is 0 Å². The molecule has 0 spiro atoms. The van der Waals surface area contributed by atoms with Gasteiger partial charge in [-0.2, -0.15) is 0 Å². The summed E-state index contributed by atoms with van der Waals surface area (Å²) in [5, 5.41) is 8.74. The van der Waals surface area contributed by atoms with E-state index >= 15 is 0 Å². The van der Waals surface area contributed by atoms with E-state index in [4.69, 9.17) is 0 Å². The van der Waals surface area contributed by atoms with Gasteiger partial charge in [0.1, 0.15) is 5.65 Å². The second kappa shape index (κ2) is 9.39. The number of aryl methyl sites for hydroxylation is 1. The number of amides is 3. The minimum absolute atomic E-state index is 0.0294. The van der Waals surface area contributed by atoms with Crippen LogP contribution >= 0.6 is 0 Å². The van der Waals surface area contributed by atoms with Crippen LogP contribution in [-0.2, 0) is 11.3 Å². The van der Waals surface area contributed by atoms with E-state index in [9.17, 15) is 9.59 Å². The highest BCUT2D eigenvalue weighted by Crippen LogP contribution is 2.17. The first-order valence-electron chi connectivity index (χ1n) is 9.86.